The molecule has 1 aliphatic carbocycles. The van der Waals surface area contributed by atoms with Gasteiger partial charge in [-0.05, 0) is 253 Å². The first kappa shape index (κ1) is 49.8. The molecule has 4 aromatic carbocycles. The lowest BCUT2D eigenvalue weighted by molar-refractivity contribution is 0.305. The molecule has 0 unspecified atom stereocenters. The van der Waals surface area contributed by atoms with E-state index in [0.29, 0.717) is 52.1 Å². The Kier molecular flexibility index (Phi) is 16.8. The van der Waals surface area contributed by atoms with Crippen LogP contribution in [0.4, 0.5) is 0 Å². The smallest absolute Gasteiger partial charge is 0.126 e. The molecule has 0 spiro atoms. The van der Waals surface area contributed by atoms with Crippen molar-refractivity contribution in [1.82, 2.24) is 0 Å². The van der Waals surface area contributed by atoms with Crippen molar-refractivity contribution in [3.05, 3.63) is 157 Å². The van der Waals surface area contributed by atoms with Gasteiger partial charge in [0.15, 0.2) is 0 Å². The summed E-state index contributed by atoms with van der Waals surface area (Å²) in [6.07, 6.45) is 6.00. The Bertz CT molecular complexity index is 2550. The number of halogens is 4. The van der Waals surface area contributed by atoms with Crippen molar-refractivity contribution in [3.8, 4) is 64.8 Å². The van der Waals surface area contributed by atoms with Gasteiger partial charge in [-0.15, -0.1) is 45.3 Å². The molecule has 12 heteroatoms. The van der Waals surface area contributed by atoms with E-state index in [-0.39, 0.29) is 0 Å². The molecule has 0 fully saturated rings. The molecule has 1 aliphatic rings. The Labute approximate surface area is 450 Å². The van der Waals surface area contributed by atoms with Crippen molar-refractivity contribution in [2.45, 2.75) is 79.1 Å². The third kappa shape index (κ3) is 11.4. The standard InChI is InChI=1S/C56H52Br4O4S4/c1-5-17-61-53-37-21-33(45-9-13-49(57)65-45)22-38(53)30-40-24-35(47-11-15-51(59)67-47)26-42(55(40)63-19-7-3)32-44-28-36(48-12-16-52(60)68-48)27-43(56(44)64-20-8-4)31-41-25-34(46-10-14-50(58)66-46)23-39(29-37)54(41)62-18-6-2/h9-16,21-28H,5-8,17-20,29-32H2,1-4H3. The summed E-state index contributed by atoms with van der Waals surface area (Å²) in [6.45, 7) is 11.1. The van der Waals surface area contributed by atoms with E-state index in [4.69, 9.17) is 18.9 Å². The predicted octanol–water partition coefficient (Wildman–Crippen LogP) is 19.5. The number of rotatable bonds is 16. The van der Waals surface area contributed by atoms with Crippen LogP contribution in [0.25, 0.3) is 41.8 Å². The van der Waals surface area contributed by atoms with Gasteiger partial charge in [0.2, 0.25) is 0 Å². The van der Waals surface area contributed by atoms with Crippen LogP contribution in [0.3, 0.4) is 0 Å². The number of thiophene rings is 4. The zero-order chi connectivity index (χ0) is 47.3. The normalized spacial score (nSPS) is 12.4. The van der Waals surface area contributed by atoms with Gasteiger partial charge in [-0.2, -0.15) is 0 Å². The maximum absolute atomic E-state index is 7.01. The molecule has 0 amide bonds. The highest BCUT2D eigenvalue weighted by atomic mass is 79.9. The van der Waals surface area contributed by atoms with Gasteiger partial charge >= 0.3 is 0 Å². The molecule has 0 atom stereocenters. The van der Waals surface area contributed by atoms with E-state index in [0.717, 1.165) is 108 Å². The first-order valence-electron chi connectivity index (χ1n) is 23.3. The van der Waals surface area contributed by atoms with Crippen LogP contribution in [0.1, 0.15) is 97.9 Å². The Morgan fingerprint density at radius 2 is 0.515 bits per heavy atom. The van der Waals surface area contributed by atoms with Crippen molar-refractivity contribution < 1.29 is 18.9 Å². The van der Waals surface area contributed by atoms with Crippen LogP contribution in [0.5, 0.6) is 23.0 Å². The predicted molar refractivity (Wildman–Crippen MR) is 304 cm³/mol. The van der Waals surface area contributed by atoms with Gasteiger partial charge in [-0.3, -0.25) is 0 Å². The summed E-state index contributed by atoms with van der Waals surface area (Å²) in [7, 11) is 0. The van der Waals surface area contributed by atoms with Gasteiger partial charge in [0.05, 0.1) is 41.6 Å². The Hall–Kier alpha value is -3.20. The summed E-state index contributed by atoms with van der Waals surface area (Å²) in [6, 6.07) is 36.3. The molecule has 352 valence electrons. The Balaban J connectivity index is 1.40. The fraction of sp³-hybridized carbons (Fsp3) is 0.286. The molecule has 8 aromatic rings. The third-order valence-electron chi connectivity index (χ3n) is 11.7. The quantitative estimate of drug-likeness (QED) is 0.0966. The van der Waals surface area contributed by atoms with Gasteiger partial charge < -0.3 is 18.9 Å². The maximum Gasteiger partial charge on any atom is 0.126 e. The van der Waals surface area contributed by atoms with E-state index in [1.54, 1.807) is 45.3 Å². The van der Waals surface area contributed by atoms with Crippen molar-refractivity contribution in [1.29, 1.82) is 0 Å². The number of hydrogen-bond donors (Lipinski definition) is 0. The zero-order valence-electron chi connectivity index (χ0n) is 38.5. The van der Waals surface area contributed by atoms with E-state index >= 15 is 0 Å². The summed E-state index contributed by atoms with van der Waals surface area (Å²) in [5, 5.41) is 0. The van der Waals surface area contributed by atoms with Crippen molar-refractivity contribution in [2.75, 3.05) is 26.4 Å². The van der Waals surface area contributed by atoms with Crippen molar-refractivity contribution in [2.24, 2.45) is 0 Å². The lowest BCUT2D eigenvalue weighted by Crippen LogP contribution is -2.11. The molecule has 68 heavy (non-hydrogen) atoms. The van der Waals surface area contributed by atoms with E-state index < -0.39 is 0 Å². The van der Waals surface area contributed by atoms with Crippen molar-refractivity contribution in [3.63, 3.8) is 0 Å². The van der Waals surface area contributed by atoms with Crippen LogP contribution in [-0.2, 0) is 25.7 Å². The van der Waals surface area contributed by atoms with Crippen molar-refractivity contribution >= 4 is 109 Å². The number of hydrogen-bond acceptors (Lipinski definition) is 8. The largest absolute Gasteiger partial charge is 0.493 e. The first-order valence-corrected chi connectivity index (χ1v) is 29.7. The molecular weight excluding hydrogens is 1180 g/mol. The van der Waals surface area contributed by atoms with E-state index in [2.05, 4.69) is 188 Å². The number of fused-ring (bicyclic) bond motifs is 8. The molecule has 0 saturated carbocycles. The summed E-state index contributed by atoms with van der Waals surface area (Å²) in [4.78, 5) is 4.79. The molecular formula is C56H52Br4O4S4. The van der Waals surface area contributed by atoms with Crippen LogP contribution in [0.15, 0.2) is 112 Å². The molecule has 4 heterocycles. The lowest BCUT2D eigenvalue weighted by Gasteiger charge is -2.24. The zero-order valence-corrected chi connectivity index (χ0v) is 48.1. The SMILES string of the molecule is CCCOc1c2cc(-c3ccc(Br)s3)cc1Cc1cc(-c3ccc(Br)s3)cc(c1OCCC)Cc1cc(-c3ccc(Br)s3)cc(c1OCCC)Cc1cc(-c3ccc(Br)s3)cc(c1OCCC)C2. The minimum atomic E-state index is 0.601. The average Bonchev–Trinajstić information content (AvgIpc) is 4.16. The van der Waals surface area contributed by atoms with E-state index in [9.17, 15) is 0 Å². The molecule has 0 radical (unpaired) electrons. The number of benzene rings is 4. The van der Waals surface area contributed by atoms with Crippen LogP contribution in [-0.4, -0.2) is 26.4 Å². The van der Waals surface area contributed by atoms with Crippen LogP contribution in [0.2, 0.25) is 0 Å². The van der Waals surface area contributed by atoms with Gasteiger partial charge in [0.1, 0.15) is 23.0 Å². The molecule has 0 N–H and O–H groups in total. The van der Waals surface area contributed by atoms with E-state index in [1.807, 2.05) is 0 Å². The first-order chi connectivity index (χ1) is 33.1. The lowest BCUT2D eigenvalue weighted by atomic mass is 9.88. The minimum absolute atomic E-state index is 0.601. The molecule has 9 rings (SSSR count). The fourth-order valence-electron chi connectivity index (χ4n) is 8.89. The second-order valence-electron chi connectivity index (χ2n) is 17.0. The second kappa shape index (κ2) is 22.9. The summed E-state index contributed by atoms with van der Waals surface area (Å²) < 4.78 is 32.4. The maximum atomic E-state index is 7.01. The van der Waals surface area contributed by atoms with Crippen LogP contribution < -0.4 is 18.9 Å². The molecule has 0 aliphatic heterocycles. The topological polar surface area (TPSA) is 36.9 Å². The number of ether oxygens (including phenoxy) is 4. The molecule has 8 bridgehead atoms. The molecule has 0 saturated heterocycles. The molecule has 4 aromatic heterocycles. The van der Waals surface area contributed by atoms with Gasteiger partial charge in [-0.1, -0.05) is 27.7 Å². The minimum Gasteiger partial charge on any atom is -0.493 e. The summed E-state index contributed by atoms with van der Waals surface area (Å²) >= 11 is 22.2. The van der Waals surface area contributed by atoms with Crippen LogP contribution >= 0.6 is 109 Å². The van der Waals surface area contributed by atoms with E-state index in [1.165, 1.54) is 41.8 Å². The monoisotopic (exact) mass is 1230 g/mol. The third-order valence-corrected chi connectivity index (χ3v) is 18.4. The highest BCUT2D eigenvalue weighted by molar-refractivity contribution is 9.11. The Morgan fingerprint density at radius 3 is 0.662 bits per heavy atom. The van der Waals surface area contributed by atoms with Gasteiger partial charge in [0.25, 0.3) is 0 Å². The summed E-state index contributed by atoms with van der Waals surface area (Å²) in [5.74, 6) is 3.74. The second-order valence-corrected chi connectivity index (χ2v) is 26.9. The highest BCUT2D eigenvalue weighted by Gasteiger charge is 2.26. The van der Waals surface area contributed by atoms with Gasteiger partial charge in [-0.25, -0.2) is 0 Å². The highest BCUT2D eigenvalue weighted by Crippen LogP contribution is 2.47. The average molecular weight is 1240 g/mol. The van der Waals surface area contributed by atoms with Gasteiger partial charge in [0, 0.05) is 45.2 Å². The fourth-order valence-corrected chi connectivity index (χ4v) is 14.4. The summed E-state index contributed by atoms with van der Waals surface area (Å²) in [5.41, 5.74) is 13.7. The Morgan fingerprint density at radius 1 is 0.324 bits per heavy atom. The molecule has 4 nitrogen and oxygen atoms in total. The van der Waals surface area contributed by atoms with Crippen LogP contribution in [0, 0.1) is 0 Å².